The standard InChI is InChI=1S/C13H15N5/c1-3-9-7-12(18(2)17-9)13-15-10-5-4-8(14)6-11(10)16-13/h4-7H,3,14H2,1-2H3,(H,15,16). The van der Waals surface area contributed by atoms with Gasteiger partial charge in [0.2, 0.25) is 0 Å². The minimum absolute atomic E-state index is 0.733. The van der Waals surface area contributed by atoms with Gasteiger partial charge in [-0.2, -0.15) is 5.10 Å². The zero-order valence-electron chi connectivity index (χ0n) is 10.4. The van der Waals surface area contributed by atoms with Gasteiger partial charge in [0.25, 0.3) is 0 Å². The minimum Gasteiger partial charge on any atom is -0.399 e. The minimum atomic E-state index is 0.733. The van der Waals surface area contributed by atoms with E-state index in [1.54, 1.807) is 0 Å². The Hall–Kier alpha value is -2.30. The number of rotatable bonds is 2. The molecule has 0 unspecified atom stereocenters. The van der Waals surface area contributed by atoms with Crippen molar-refractivity contribution in [3.63, 3.8) is 0 Å². The van der Waals surface area contributed by atoms with Crippen molar-refractivity contribution in [1.29, 1.82) is 0 Å². The summed E-state index contributed by atoms with van der Waals surface area (Å²) in [6.45, 7) is 2.09. The van der Waals surface area contributed by atoms with Gasteiger partial charge in [-0.1, -0.05) is 6.92 Å². The van der Waals surface area contributed by atoms with E-state index in [1.165, 1.54) is 0 Å². The van der Waals surface area contributed by atoms with Crippen LogP contribution in [0.3, 0.4) is 0 Å². The molecule has 5 nitrogen and oxygen atoms in total. The molecule has 0 aliphatic rings. The normalized spacial score (nSPS) is 11.2. The van der Waals surface area contributed by atoms with Crippen molar-refractivity contribution in [2.24, 2.45) is 7.05 Å². The van der Waals surface area contributed by atoms with E-state index < -0.39 is 0 Å². The third-order valence-electron chi connectivity index (χ3n) is 3.04. The van der Waals surface area contributed by atoms with E-state index in [-0.39, 0.29) is 0 Å². The number of aromatic nitrogens is 4. The number of nitrogens with zero attached hydrogens (tertiary/aromatic N) is 3. The first-order valence-electron chi connectivity index (χ1n) is 5.96. The van der Waals surface area contributed by atoms with Crippen LogP contribution in [0.25, 0.3) is 22.6 Å². The monoisotopic (exact) mass is 241 g/mol. The molecule has 0 aliphatic carbocycles. The van der Waals surface area contributed by atoms with Crippen LogP contribution in [0.1, 0.15) is 12.6 Å². The predicted octanol–water partition coefficient (Wildman–Crippen LogP) is 2.11. The van der Waals surface area contributed by atoms with Crippen molar-refractivity contribution in [3.8, 4) is 11.5 Å². The molecule has 0 aliphatic heterocycles. The van der Waals surface area contributed by atoms with Crippen molar-refractivity contribution in [1.82, 2.24) is 19.7 Å². The lowest BCUT2D eigenvalue weighted by atomic mass is 10.3. The average molecular weight is 241 g/mol. The Balaban J connectivity index is 2.15. The number of anilines is 1. The molecule has 0 radical (unpaired) electrons. The molecule has 3 rings (SSSR count). The van der Waals surface area contributed by atoms with E-state index in [1.807, 2.05) is 29.9 Å². The van der Waals surface area contributed by atoms with Crippen molar-refractivity contribution >= 4 is 16.7 Å². The van der Waals surface area contributed by atoms with Gasteiger partial charge in [-0.15, -0.1) is 0 Å². The molecule has 0 spiro atoms. The highest BCUT2D eigenvalue weighted by Crippen LogP contribution is 2.22. The Morgan fingerprint density at radius 2 is 2.17 bits per heavy atom. The van der Waals surface area contributed by atoms with Crippen LogP contribution < -0.4 is 5.73 Å². The topological polar surface area (TPSA) is 72.5 Å². The third kappa shape index (κ3) is 1.64. The van der Waals surface area contributed by atoms with Crippen molar-refractivity contribution in [2.75, 3.05) is 5.73 Å². The van der Waals surface area contributed by atoms with Gasteiger partial charge in [0.15, 0.2) is 5.82 Å². The quantitative estimate of drug-likeness (QED) is 0.675. The summed E-state index contributed by atoms with van der Waals surface area (Å²) in [7, 11) is 1.93. The van der Waals surface area contributed by atoms with Crippen molar-refractivity contribution in [2.45, 2.75) is 13.3 Å². The Kier molecular flexibility index (Phi) is 2.33. The summed E-state index contributed by atoms with van der Waals surface area (Å²) in [5, 5.41) is 4.43. The maximum absolute atomic E-state index is 5.76. The summed E-state index contributed by atoms with van der Waals surface area (Å²) in [5.41, 5.74) is 10.4. The number of H-pyrrole nitrogens is 1. The molecule has 0 atom stereocenters. The molecule has 0 fully saturated rings. The number of imidazole rings is 1. The van der Waals surface area contributed by atoms with Gasteiger partial charge in [-0.3, -0.25) is 4.68 Å². The van der Waals surface area contributed by atoms with Crippen LogP contribution in [0.4, 0.5) is 5.69 Å². The second-order valence-corrected chi connectivity index (χ2v) is 4.36. The Morgan fingerprint density at radius 3 is 2.89 bits per heavy atom. The van der Waals surface area contributed by atoms with Gasteiger partial charge < -0.3 is 10.7 Å². The SMILES string of the molecule is CCc1cc(-c2nc3ccc(N)cc3[nH]2)n(C)n1. The molecule has 3 N–H and O–H groups in total. The van der Waals surface area contributed by atoms with Crippen LogP contribution in [-0.4, -0.2) is 19.7 Å². The second-order valence-electron chi connectivity index (χ2n) is 4.36. The van der Waals surface area contributed by atoms with Gasteiger partial charge in [-0.25, -0.2) is 4.98 Å². The molecule has 1 aromatic carbocycles. The molecule has 2 heterocycles. The van der Waals surface area contributed by atoms with Crippen LogP contribution in [-0.2, 0) is 13.5 Å². The molecule has 92 valence electrons. The molecule has 0 amide bonds. The first-order chi connectivity index (χ1) is 8.67. The highest BCUT2D eigenvalue weighted by molar-refractivity contribution is 5.81. The van der Waals surface area contributed by atoms with Crippen LogP contribution in [0.15, 0.2) is 24.3 Å². The second kappa shape index (κ2) is 3.87. The highest BCUT2D eigenvalue weighted by atomic mass is 15.3. The number of nitrogens with two attached hydrogens (primary N) is 1. The smallest absolute Gasteiger partial charge is 0.156 e. The number of hydrogen-bond acceptors (Lipinski definition) is 3. The Morgan fingerprint density at radius 1 is 1.33 bits per heavy atom. The van der Waals surface area contributed by atoms with E-state index in [0.29, 0.717) is 0 Å². The lowest BCUT2D eigenvalue weighted by Crippen LogP contribution is -1.95. The number of nitrogens with one attached hydrogen (secondary N) is 1. The summed E-state index contributed by atoms with van der Waals surface area (Å²) in [5.74, 6) is 0.824. The Bertz CT molecular complexity index is 707. The van der Waals surface area contributed by atoms with E-state index in [0.717, 1.165) is 40.4 Å². The van der Waals surface area contributed by atoms with Crippen LogP contribution in [0.5, 0.6) is 0 Å². The summed E-state index contributed by atoms with van der Waals surface area (Å²) in [6, 6.07) is 7.72. The highest BCUT2D eigenvalue weighted by Gasteiger charge is 2.11. The summed E-state index contributed by atoms with van der Waals surface area (Å²) in [6.07, 6.45) is 0.918. The molecule has 0 bridgehead atoms. The fraction of sp³-hybridized carbons (Fsp3) is 0.231. The van der Waals surface area contributed by atoms with Gasteiger partial charge in [0.1, 0.15) is 5.69 Å². The first kappa shape index (κ1) is 10.8. The maximum atomic E-state index is 5.76. The molecule has 18 heavy (non-hydrogen) atoms. The van der Waals surface area contributed by atoms with Gasteiger partial charge in [0.05, 0.1) is 16.7 Å². The maximum Gasteiger partial charge on any atom is 0.156 e. The molecule has 5 heteroatoms. The third-order valence-corrected chi connectivity index (χ3v) is 3.04. The number of aromatic amines is 1. The number of benzene rings is 1. The molecular weight excluding hydrogens is 226 g/mol. The molecular formula is C13H15N5. The number of fused-ring (bicyclic) bond motifs is 1. The van der Waals surface area contributed by atoms with Crippen molar-refractivity contribution < 1.29 is 0 Å². The summed E-state index contributed by atoms with van der Waals surface area (Å²) in [4.78, 5) is 7.84. The average Bonchev–Trinajstić information content (AvgIpc) is 2.91. The van der Waals surface area contributed by atoms with Gasteiger partial charge >= 0.3 is 0 Å². The van der Waals surface area contributed by atoms with Crippen LogP contribution >= 0.6 is 0 Å². The van der Waals surface area contributed by atoms with Gasteiger partial charge in [0, 0.05) is 12.7 Å². The lowest BCUT2D eigenvalue weighted by molar-refractivity contribution is 0.749. The zero-order valence-corrected chi connectivity index (χ0v) is 10.4. The summed E-state index contributed by atoms with van der Waals surface area (Å²) >= 11 is 0. The number of nitrogen functional groups attached to an aromatic ring is 1. The van der Waals surface area contributed by atoms with Crippen LogP contribution in [0.2, 0.25) is 0 Å². The fourth-order valence-electron chi connectivity index (χ4n) is 2.07. The molecule has 0 saturated heterocycles. The Labute approximate surface area is 105 Å². The number of aryl methyl sites for hydroxylation is 2. The molecule has 3 aromatic rings. The zero-order chi connectivity index (χ0) is 12.7. The number of hydrogen-bond donors (Lipinski definition) is 2. The lowest BCUT2D eigenvalue weighted by Gasteiger charge is -1.95. The fourth-order valence-corrected chi connectivity index (χ4v) is 2.07. The predicted molar refractivity (Wildman–Crippen MR) is 72.1 cm³/mol. The van der Waals surface area contributed by atoms with E-state index in [4.69, 9.17) is 5.73 Å². The van der Waals surface area contributed by atoms with Crippen molar-refractivity contribution in [3.05, 3.63) is 30.0 Å². The van der Waals surface area contributed by atoms with Crippen LogP contribution in [0, 0.1) is 0 Å². The van der Waals surface area contributed by atoms with E-state index in [2.05, 4.69) is 28.1 Å². The molecule has 2 aromatic heterocycles. The first-order valence-corrected chi connectivity index (χ1v) is 5.96. The largest absolute Gasteiger partial charge is 0.399 e. The van der Waals surface area contributed by atoms with E-state index >= 15 is 0 Å². The van der Waals surface area contributed by atoms with E-state index in [9.17, 15) is 0 Å². The molecule has 0 saturated carbocycles. The summed E-state index contributed by atoms with van der Waals surface area (Å²) < 4.78 is 1.85. The van der Waals surface area contributed by atoms with Gasteiger partial charge in [-0.05, 0) is 30.7 Å².